The summed E-state index contributed by atoms with van der Waals surface area (Å²) in [5.41, 5.74) is 0.986. The van der Waals surface area contributed by atoms with Crippen LogP contribution in [0.5, 0.6) is 0 Å². The predicted octanol–water partition coefficient (Wildman–Crippen LogP) is 1.18. The monoisotopic (exact) mass is 149 g/mol. The van der Waals surface area contributed by atoms with E-state index in [0.717, 1.165) is 11.5 Å². The highest BCUT2D eigenvalue weighted by Crippen LogP contribution is 2.04. The molecule has 0 aliphatic rings. The van der Waals surface area contributed by atoms with E-state index in [1.807, 2.05) is 19.2 Å². The number of nitrogens with zero attached hydrogens (tertiary/aromatic N) is 1. The molecule has 1 aromatic heterocycles. The quantitative estimate of drug-likeness (QED) is 0.677. The molecule has 2 N–H and O–H groups in total. The summed E-state index contributed by atoms with van der Waals surface area (Å²) >= 11 is 0. The van der Waals surface area contributed by atoms with Crippen LogP contribution in [0.1, 0.15) is 0 Å². The van der Waals surface area contributed by atoms with Crippen molar-refractivity contribution in [2.24, 2.45) is 0 Å². The second kappa shape index (κ2) is 3.61. The molecule has 1 rings (SSSR count). The highest BCUT2D eigenvalue weighted by atomic mass is 15.1. The third kappa shape index (κ3) is 2.29. The number of rotatable bonds is 3. The summed E-state index contributed by atoms with van der Waals surface area (Å²) in [6.45, 7) is 3.73. The number of nitrogens with one attached hydrogen (secondary N) is 2. The fraction of sp³-hybridized carbons (Fsp3) is 0.125. The molecule has 0 aliphatic heterocycles. The molecule has 0 aliphatic carbocycles. The number of hydrogen-bond donors (Lipinski definition) is 2. The van der Waals surface area contributed by atoms with Crippen LogP contribution in [0, 0.1) is 0 Å². The number of hydrogen-bond acceptors (Lipinski definition) is 3. The van der Waals surface area contributed by atoms with Crippen molar-refractivity contribution in [3.05, 3.63) is 36.9 Å². The molecule has 0 bridgehead atoms. The summed E-state index contributed by atoms with van der Waals surface area (Å²) in [6.07, 6.45) is 3.45. The maximum atomic E-state index is 3.89. The average molecular weight is 149 g/mol. The van der Waals surface area contributed by atoms with Crippen molar-refractivity contribution in [2.75, 3.05) is 12.4 Å². The third-order valence-electron chi connectivity index (χ3n) is 1.28. The maximum absolute atomic E-state index is 3.89. The van der Waals surface area contributed by atoms with Crippen molar-refractivity contribution in [1.29, 1.82) is 0 Å². The van der Waals surface area contributed by atoms with Gasteiger partial charge in [-0.05, 0) is 12.1 Å². The van der Waals surface area contributed by atoms with Crippen molar-refractivity contribution < 1.29 is 0 Å². The molecule has 11 heavy (non-hydrogen) atoms. The van der Waals surface area contributed by atoms with E-state index >= 15 is 0 Å². The minimum atomic E-state index is 0.774. The van der Waals surface area contributed by atoms with Gasteiger partial charge in [-0.3, -0.25) is 4.98 Å². The van der Waals surface area contributed by atoms with Crippen LogP contribution in [0.2, 0.25) is 0 Å². The Morgan fingerprint density at radius 1 is 1.45 bits per heavy atom. The predicted molar refractivity (Wildman–Crippen MR) is 46.1 cm³/mol. The molecule has 3 heteroatoms. The van der Waals surface area contributed by atoms with E-state index in [1.165, 1.54) is 0 Å². The van der Waals surface area contributed by atoms with E-state index in [-0.39, 0.29) is 0 Å². The van der Waals surface area contributed by atoms with Gasteiger partial charge in [-0.1, -0.05) is 6.58 Å². The van der Waals surface area contributed by atoms with Crippen LogP contribution in [0.15, 0.2) is 36.9 Å². The molecule has 0 atom stereocenters. The lowest BCUT2D eigenvalue weighted by Gasteiger charge is -2.06. The van der Waals surface area contributed by atoms with Gasteiger partial charge in [-0.15, -0.1) is 0 Å². The molecular weight excluding hydrogens is 138 g/mol. The summed E-state index contributed by atoms with van der Waals surface area (Å²) < 4.78 is 0. The Kier molecular flexibility index (Phi) is 2.49. The summed E-state index contributed by atoms with van der Waals surface area (Å²) in [7, 11) is 1.82. The molecule has 58 valence electrons. The fourth-order valence-electron chi connectivity index (χ4n) is 0.672. The van der Waals surface area contributed by atoms with E-state index in [4.69, 9.17) is 0 Å². The zero-order valence-corrected chi connectivity index (χ0v) is 6.46. The maximum Gasteiger partial charge on any atom is 0.0954 e. The van der Waals surface area contributed by atoms with Crippen molar-refractivity contribution in [3.63, 3.8) is 0 Å². The number of aromatic nitrogens is 1. The van der Waals surface area contributed by atoms with Gasteiger partial charge in [-0.2, -0.15) is 0 Å². The second-order valence-electron chi connectivity index (χ2n) is 2.09. The molecule has 0 spiro atoms. The lowest BCUT2D eigenvalue weighted by atomic mass is 10.4. The first-order valence-corrected chi connectivity index (χ1v) is 3.36. The summed E-state index contributed by atoms with van der Waals surface area (Å²) in [4.78, 5) is 3.89. The molecule has 0 unspecified atom stereocenters. The minimum absolute atomic E-state index is 0.774. The lowest BCUT2D eigenvalue weighted by molar-refractivity contribution is 1.00. The second-order valence-corrected chi connectivity index (χ2v) is 2.09. The molecule has 0 aromatic carbocycles. The van der Waals surface area contributed by atoms with Crippen LogP contribution in [-0.4, -0.2) is 12.0 Å². The Balaban J connectivity index is 2.58. The summed E-state index contributed by atoms with van der Waals surface area (Å²) in [5.74, 6) is 0.774. The van der Waals surface area contributed by atoms with Crippen LogP contribution >= 0.6 is 0 Å². The molecule has 1 heterocycles. The Morgan fingerprint density at radius 2 is 2.09 bits per heavy atom. The topological polar surface area (TPSA) is 37.0 Å². The van der Waals surface area contributed by atoms with Gasteiger partial charge in [0.2, 0.25) is 0 Å². The Bertz CT molecular complexity index is 230. The lowest BCUT2D eigenvalue weighted by Crippen LogP contribution is -2.12. The first-order chi connectivity index (χ1) is 5.33. The Hall–Kier alpha value is -1.51. The van der Waals surface area contributed by atoms with Gasteiger partial charge in [0.1, 0.15) is 0 Å². The molecule has 0 saturated carbocycles. The van der Waals surface area contributed by atoms with Gasteiger partial charge in [0, 0.05) is 25.1 Å². The molecule has 1 aromatic rings. The first kappa shape index (κ1) is 7.60. The average Bonchev–Trinajstić information content (AvgIpc) is 2.06. The van der Waals surface area contributed by atoms with E-state index < -0.39 is 0 Å². The number of pyridine rings is 1. The Labute approximate surface area is 66.2 Å². The molecule has 0 amide bonds. The van der Waals surface area contributed by atoms with Crippen molar-refractivity contribution in [2.45, 2.75) is 0 Å². The third-order valence-corrected chi connectivity index (χ3v) is 1.28. The highest BCUT2D eigenvalue weighted by molar-refractivity contribution is 5.45. The van der Waals surface area contributed by atoms with Gasteiger partial charge >= 0.3 is 0 Å². The van der Waals surface area contributed by atoms with Crippen LogP contribution in [-0.2, 0) is 0 Å². The van der Waals surface area contributed by atoms with Gasteiger partial charge in [0.15, 0.2) is 0 Å². The molecular formula is C8H11N3. The van der Waals surface area contributed by atoms with Crippen LogP contribution in [0.4, 0.5) is 5.69 Å². The standard InChI is InChI=1S/C8H11N3/c1-7(9-2)11-8-3-5-10-6-4-8/h3-6,9H,1H2,2H3,(H,10,11). The minimum Gasteiger partial charge on any atom is -0.375 e. The van der Waals surface area contributed by atoms with E-state index in [0.29, 0.717) is 0 Å². The molecule has 0 saturated heterocycles. The van der Waals surface area contributed by atoms with E-state index in [1.54, 1.807) is 12.4 Å². The largest absolute Gasteiger partial charge is 0.375 e. The zero-order chi connectivity index (χ0) is 8.10. The summed E-state index contributed by atoms with van der Waals surface area (Å²) in [5, 5.41) is 5.93. The van der Waals surface area contributed by atoms with Crippen LogP contribution < -0.4 is 10.6 Å². The van der Waals surface area contributed by atoms with Gasteiger partial charge in [0.25, 0.3) is 0 Å². The smallest absolute Gasteiger partial charge is 0.0954 e. The van der Waals surface area contributed by atoms with Crippen LogP contribution in [0.25, 0.3) is 0 Å². The van der Waals surface area contributed by atoms with Gasteiger partial charge in [-0.25, -0.2) is 0 Å². The molecule has 3 nitrogen and oxygen atoms in total. The zero-order valence-electron chi connectivity index (χ0n) is 6.46. The molecule has 0 fully saturated rings. The van der Waals surface area contributed by atoms with Crippen molar-refractivity contribution in [3.8, 4) is 0 Å². The Morgan fingerprint density at radius 3 is 2.64 bits per heavy atom. The van der Waals surface area contributed by atoms with Crippen LogP contribution in [0.3, 0.4) is 0 Å². The molecule has 0 radical (unpaired) electrons. The van der Waals surface area contributed by atoms with Crippen molar-refractivity contribution >= 4 is 5.69 Å². The highest BCUT2D eigenvalue weighted by Gasteiger charge is 1.89. The normalized spacial score (nSPS) is 8.82. The number of anilines is 1. The van der Waals surface area contributed by atoms with Gasteiger partial charge in [0.05, 0.1) is 5.82 Å². The first-order valence-electron chi connectivity index (χ1n) is 3.36. The fourth-order valence-corrected chi connectivity index (χ4v) is 0.672. The van der Waals surface area contributed by atoms with Crippen molar-refractivity contribution in [1.82, 2.24) is 10.3 Å². The summed E-state index contributed by atoms with van der Waals surface area (Å²) in [6, 6.07) is 3.76. The van der Waals surface area contributed by atoms with Gasteiger partial charge < -0.3 is 10.6 Å². The van der Waals surface area contributed by atoms with E-state index in [2.05, 4.69) is 22.2 Å². The van der Waals surface area contributed by atoms with E-state index in [9.17, 15) is 0 Å². The SMILES string of the molecule is C=C(NC)Nc1ccncc1.